The predicted molar refractivity (Wildman–Crippen MR) is 58.5 cm³/mol. The maximum Gasteiger partial charge on any atom is 0.318 e. The highest BCUT2D eigenvalue weighted by Gasteiger charge is 2.08. The zero-order valence-corrected chi connectivity index (χ0v) is 9.45. The second-order valence-corrected chi connectivity index (χ2v) is 3.97. The van der Waals surface area contributed by atoms with Gasteiger partial charge in [-0.15, -0.1) is 10.2 Å². The third-order valence-corrected chi connectivity index (χ3v) is 2.71. The fraction of sp³-hybridized carbons (Fsp3) is 0.429. The van der Waals surface area contributed by atoms with Crippen LogP contribution in [-0.2, 0) is 11.8 Å². The third-order valence-electron chi connectivity index (χ3n) is 1.69. The van der Waals surface area contributed by atoms with Gasteiger partial charge in [0.15, 0.2) is 5.16 Å². The van der Waals surface area contributed by atoms with Gasteiger partial charge in [0, 0.05) is 19.2 Å². The van der Waals surface area contributed by atoms with Crippen LogP contribution in [0, 0.1) is 0 Å². The van der Waals surface area contributed by atoms with Crippen LogP contribution in [0.2, 0.25) is 0 Å². The van der Waals surface area contributed by atoms with Crippen molar-refractivity contribution < 1.29 is 9.59 Å². The topological polar surface area (TPSA) is 129 Å². The number of hydrogen-bond acceptors (Lipinski definition) is 6. The normalized spacial score (nSPS) is 10.1. The number of nitrogens with two attached hydrogens (primary N) is 2. The molecule has 0 aliphatic heterocycles. The maximum atomic E-state index is 11.0. The molecule has 88 valence electrons. The van der Waals surface area contributed by atoms with Crippen LogP contribution in [-0.4, -0.2) is 32.5 Å². The zero-order chi connectivity index (χ0) is 12.1. The molecule has 1 rings (SSSR count). The number of rotatable bonds is 4. The number of amides is 3. The quantitative estimate of drug-likeness (QED) is 0.587. The Morgan fingerprint density at radius 1 is 1.50 bits per heavy atom. The fourth-order valence-corrected chi connectivity index (χ4v) is 1.74. The number of thioether (sulfide) groups is 1. The molecule has 5 N–H and O–H groups in total. The average molecular weight is 244 g/mol. The lowest BCUT2D eigenvalue weighted by molar-refractivity contribution is -0.119. The first kappa shape index (κ1) is 12.3. The molecule has 0 saturated heterocycles. The van der Waals surface area contributed by atoms with E-state index in [1.54, 1.807) is 11.6 Å². The molecule has 0 spiro atoms. The molecule has 0 fully saturated rings. The van der Waals surface area contributed by atoms with E-state index in [0.717, 1.165) is 0 Å². The minimum atomic E-state index is -0.849. The summed E-state index contributed by atoms with van der Waals surface area (Å²) in [5.74, 6) is 0.352. The molecule has 0 aromatic carbocycles. The summed E-state index contributed by atoms with van der Waals surface area (Å²) >= 11 is 1.32. The lowest BCUT2D eigenvalue weighted by Gasteiger charge is -2.01. The van der Waals surface area contributed by atoms with Gasteiger partial charge in [-0.3, -0.25) is 14.7 Å². The minimum absolute atomic E-state index is 0.167. The van der Waals surface area contributed by atoms with Gasteiger partial charge >= 0.3 is 6.03 Å². The van der Waals surface area contributed by atoms with Gasteiger partial charge in [-0.05, 0) is 0 Å². The van der Waals surface area contributed by atoms with Gasteiger partial charge in [0.1, 0.15) is 0 Å². The molecule has 1 aromatic rings. The Hall–Kier alpha value is -1.77. The summed E-state index contributed by atoms with van der Waals surface area (Å²) in [6.07, 6.45) is 0.167. The first-order valence-corrected chi connectivity index (χ1v) is 5.36. The number of aromatic nitrogens is 3. The average Bonchev–Trinajstić information content (AvgIpc) is 2.48. The SMILES string of the molecule is Cn1c(N)nnc1SCCC(=O)NC(N)=O. The van der Waals surface area contributed by atoms with Crippen LogP contribution in [0.4, 0.5) is 10.7 Å². The number of anilines is 1. The Labute approximate surface area is 95.8 Å². The highest BCUT2D eigenvalue weighted by Crippen LogP contribution is 2.16. The molecule has 0 atom stereocenters. The van der Waals surface area contributed by atoms with Crippen LogP contribution < -0.4 is 16.8 Å². The van der Waals surface area contributed by atoms with Crippen molar-refractivity contribution in [3.8, 4) is 0 Å². The van der Waals surface area contributed by atoms with Crippen molar-refractivity contribution in [3.05, 3.63) is 0 Å². The van der Waals surface area contributed by atoms with Crippen molar-refractivity contribution in [2.24, 2.45) is 12.8 Å². The highest BCUT2D eigenvalue weighted by molar-refractivity contribution is 7.99. The molecule has 0 bridgehead atoms. The summed E-state index contributed by atoms with van der Waals surface area (Å²) in [6.45, 7) is 0. The van der Waals surface area contributed by atoms with E-state index in [2.05, 4.69) is 10.2 Å². The third kappa shape index (κ3) is 3.42. The first-order valence-electron chi connectivity index (χ1n) is 4.37. The number of nitrogens with one attached hydrogen (secondary N) is 1. The van der Waals surface area contributed by atoms with Gasteiger partial charge in [0.25, 0.3) is 0 Å². The van der Waals surface area contributed by atoms with Crippen LogP contribution in [0.1, 0.15) is 6.42 Å². The van der Waals surface area contributed by atoms with E-state index in [1.165, 1.54) is 11.8 Å². The van der Waals surface area contributed by atoms with Crippen LogP contribution in [0.5, 0.6) is 0 Å². The molecule has 16 heavy (non-hydrogen) atoms. The monoisotopic (exact) mass is 244 g/mol. The van der Waals surface area contributed by atoms with E-state index in [4.69, 9.17) is 11.5 Å². The summed E-state index contributed by atoms with van der Waals surface area (Å²) < 4.78 is 1.61. The Morgan fingerprint density at radius 2 is 2.19 bits per heavy atom. The molecule has 0 aliphatic rings. The minimum Gasteiger partial charge on any atom is -0.368 e. The van der Waals surface area contributed by atoms with Crippen molar-refractivity contribution in [1.29, 1.82) is 0 Å². The number of nitrogen functional groups attached to an aromatic ring is 1. The number of carbonyl (C=O) groups is 2. The van der Waals surface area contributed by atoms with Crippen LogP contribution in [0.15, 0.2) is 5.16 Å². The summed E-state index contributed by atoms with van der Waals surface area (Å²) in [5.41, 5.74) is 10.3. The standard InChI is InChI=1S/C7H12N6O2S/c1-13-5(8)11-12-7(13)16-3-2-4(14)10-6(9)15/h2-3H2,1H3,(H2,8,11)(H3,9,10,14,15). The van der Waals surface area contributed by atoms with Crippen LogP contribution in [0.25, 0.3) is 0 Å². The predicted octanol–water partition coefficient (Wildman–Crippen LogP) is -0.926. The van der Waals surface area contributed by atoms with Gasteiger partial charge < -0.3 is 11.5 Å². The van der Waals surface area contributed by atoms with E-state index >= 15 is 0 Å². The summed E-state index contributed by atoms with van der Waals surface area (Å²) in [4.78, 5) is 21.4. The smallest absolute Gasteiger partial charge is 0.318 e. The number of urea groups is 1. The number of hydrogen-bond donors (Lipinski definition) is 3. The second-order valence-electron chi connectivity index (χ2n) is 2.91. The van der Waals surface area contributed by atoms with Gasteiger partial charge in [0.05, 0.1) is 0 Å². The summed E-state index contributed by atoms with van der Waals surface area (Å²) in [5, 5.41) is 10.0. The van der Waals surface area contributed by atoms with Crippen molar-refractivity contribution in [1.82, 2.24) is 20.1 Å². The Bertz CT molecular complexity index is 404. The van der Waals surface area contributed by atoms with Gasteiger partial charge in [-0.25, -0.2) is 4.79 Å². The molecule has 1 heterocycles. The molecule has 0 radical (unpaired) electrons. The number of carbonyl (C=O) groups excluding carboxylic acids is 2. The molecular formula is C7H12N6O2S. The molecule has 0 aliphatic carbocycles. The van der Waals surface area contributed by atoms with Crippen LogP contribution in [0.3, 0.4) is 0 Å². The number of nitrogens with zero attached hydrogens (tertiary/aromatic N) is 3. The van der Waals surface area contributed by atoms with E-state index in [1.807, 2.05) is 5.32 Å². The maximum absolute atomic E-state index is 11.0. The zero-order valence-electron chi connectivity index (χ0n) is 8.64. The van der Waals surface area contributed by atoms with Gasteiger partial charge in [-0.2, -0.15) is 0 Å². The molecule has 3 amide bonds. The van der Waals surface area contributed by atoms with E-state index in [-0.39, 0.29) is 6.42 Å². The summed E-state index contributed by atoms with van der Waals surface area (Å²) in [6, 6.07) is -0.849. The van der Waals surface area contributed by atoms with Crippen molar-refractivity contribution in [2.45, 2.75) is 11.6 Å². The Kier molecular flexibility index (Phi) is 4.11. The lowest BCUT2D eigenvalue weighted by Crippen LogP contribution is -2.35. The number of imide groups is 1. The van der Waals surface area contributed by atoms with Crippen molar-refractivity contribution >= 4 is 29.6 Å². The van der Waals surface area contributed by atoms with Crippen LogP contribution >= 0.6 is 11.8 Å². The van der Waals surface area contributed by atoms with E-state index < -0.39 is 11.9 Å². The second kappa shape index (κ2) is 5.35. The Balaban J connectivity index is 2.33. The highest BCUT2D eigenvalue weighted by atomic mass is 32.2. The molecule has 8 nitrogen and oxygen atoms in total. The largest absolute Gasteiger partial charge is 0.368 e. The van der Waals surface area contributed by atoms with E-state index in [0.29, 0.717) is 16.9 Å². The molecule has 1 aromatic heterocycles. The molecule has 9 heteroatoms. The van der Waals surface area contributed by atoms with Crippen molar-refractivity contribution in [3.63, 3.8) is 0 Å². The van der Waals surface area contributed by atoms with Gasteiger partial charge in [-0.1, -0.05) is 11.8 Å². The molecular weight excluding hydrogens is 232 g/mol. The number of primary amides is 1. The summed E-state index contributed by atoms with van der Waals surface area (Å²) in [7, 11) is 1.72. The molecule has 0 saturated carbocycles. The molecule has 0 unspecified atom stereocenters. The lowest BCUT2D eigenvalue weighted by atomic mass is 10.4. The Morgan fingerprint density at radius 3 is 2.69 bits per heavy atom. The van der Waals surface area contributed by atoms with E-state index in [9.17, 15) is 9.59 Å². The fourth-order valence-electron chi connectivity index (χ4n) is 0.887. The first-order chi connectivity index (χ1) is 7.50. The van der Waals surface area contributed by atoms with Crippen molar-refractivity contribution in [2.75, 3.05) is 11.5 Å². The van der Waals surface area contributed by atoms with Gasteiger partial charge in [0.2, 0.25) is 11.9 Å².